The molecular formula is C6H10BrN3. The fourth-order valence-corrected chi connectivity index (χ4v) is 1.30. The van der Waals surface area contributed by atoms with Gasteiger partial charge in [0.15, 0.2) is 4.73 Å². The van der Waals surface area contributed by atoms with Gasteiger partial charge in [-0.2, -0.15) is 5.10 Å². The highest BCUT2D eigenvalue weighted by Gasteiger charge is 2.00. The SMILES string of the molecule is CCCn1nc(C)nc1Br. The minimum Gasteiger partial charge on any atom is -0.240 e. The van der Waals surface area contributed by atoms with Crippen molar-refractivity contribution >= 4 is 15.9 Å². The molecule has 0 aliphatic carbocycles. The lowest BCUT2D eigenvalue weighted by Crippen LogP contribution is -1.98. The Balaban J connectivity index is 2.81. The van der Waals surface area contributed by atoms with Crippen molar-refractivity contribution in [3.05, 3.63) is 10.6 Å². The quantitative estimate of drug-likeness (QED) is 0.734. The lowest BCUT2D eigenvalue weighted by atomic mass is 10.5. The van der Waals surface area contributed by atoms with E-state index in [-0.39, 0.29) is 0 Å². The third-order valence-corrected chi connectivity index (χ3v) is 1.75. The van der Waals surface area contributed by atoms with E-state index in [9.17, 15) is 0 Å². The summed E-state index contributed by atoms with van der Waals surface area (Å²) in [5, 5.41) is 4.16. The van der Waals surface area contributed by atoms with E-state index in [1.54, 1.807) is 0 Å². The average Bonchev–Trinajstić information content (AvgIpc) is 2.13. The molecule has 1 aromatic rings. The van der Waals surface area contributed by atoms with E-state index in [4.69, 9.17) is 0 Å². The van der Waals surface area contributed by atoms with Crippen LogP contribution < -0.4 is 0 Å². The first kappa shape index (κ1) is 7.72. The molecular weight excluding hydrogens is 194 g/mol. The molecule has 0 atom stereocenters. The second-order valence-corrected chi connectivity index (χ2v) is 2.86. The first-order valence-electron chi connectivity index (χ1n) is 3.31. The highest BCUT2D eigenvalue weighted by atomic mass is 79.9. The number of nitrogens with zero attached hydrogens (tertiary/aromatic N) is 3. The van der Waals surface area contributed by atoms with Gasteiger partial charge in [0.1, 0.15) is 5.82 Å². The molecule has 0 amide bonds. The van der Waals surface area contributed by atoms with Gasteiger partial charge in [-0.25, -0.2) is 9.67 Å². The topological polar surface area (TPSA) is 30.7 Å². The van der Waals surface area contributed by atoms with Crippen molar-refractivity contribution in [3.8, 4) is 0 Å². The molecule has 0 aliphatic heterocycles. The van der Waals surface area contributed by atoms with Crippen LogP contribution in [-0.2, 0) is 6.54 Å². The molecule has 0 aliphatic rings. The molecule has 0 aromatic carbocycles. The van der Waals surface area contributed by atoms with Gasteiger partial charge in [0.05, 0.1) is 0 Å². The predicted octanol–water partition coefficient (Wildman–Crippen LogP) is 1.76. The Morgan fingerprint density at radius 1 is 1.60 bits per heavy atom. The predicted molar refractivity (Wildman–Crippen MR) is 42.8 cm³/mol. The molecule has 0 unspecified atom stereocenters. The van der Waals surface area contributed by atoms with Crippen LogP contribution in [-0.4, -0.2) is 14.8 Å². The summed E-state index contributed by atoms with van der Waals surface area (Å²) in [6.45, 7) is 4.93. The Morgan fingerprint density at radius 2 is 2.30 bits per heavy atom. The van der Waals surface area contributed by atoms with Gasteiger partial charge in [-0.3, -0.25) is 0 Å². The number of aryl methyl sites for hydroxylation is 2. The number of rotatable bonds is 2. The molecule has 0 saturated carbocycles. The third kappa shape index (κ3) is 1.56. The molecule has 4 heteroatoms. The zero-order valence-electron chi connectivity index (χ0n) is 6.13. The summed E-state index contributed by atoms with van der Waals surface area (Å²) in [6, 6.07) is 0. The number of halogens is 1. The molecule has 0 saturated heterocycles. The van der Waals surface area contributed by atoms with Crippen molar-refractivity contribution in [2.24, 2.45) is 0 Å². The maximum absolute atomic E-state index is 4.16. The van der Waals surface area contributed by atoms with Gasteiger partial charge in [-0.15, -0.1) is 0 Å². The van der Waals surface area contributed by atoms with E-state index in [2.05, 4.69) is 32.9 Å². The van der Waals surface area contributed by atoms with Crippen LogP contribution in [0.3, 0.4) is 0 Å². The molecule has 1 aromatic heterocycles. The van der Waals surface area contributed by atoms with Gasteiger partial charge in [-0.1, -0.05) is 6.92 Å². The average molecular weight is 204 g/mol. The first-order valence-corrected chi connectivity index (χ1v) is 4.10. The van der Waals surface area contributed by atoms with Crippen LogP contribution in [0.15, 0.2) is 4.73 Å². The fourth-order valence-electron chi connectivity index (χ4n) is 0.784. The second-order valence-electron chi connectivity index (χ2n) is 2.15. The standard InChI is InChI=1S/C6H10BrN3/c1-3-4-10-6(7)8-5(2)9-10/h3-4H2,1-2H3. The van der Waals surface area contributed by atoms with Gasteiger partial charge in [0.25, 0.3) is 0 Å². The number of hydrogen-bond acceptors (Lipinski definition) is 2. The van der Waals surface area contributed by atoms with E-state index in [1.165, 1.54) is 0 Å². The second kappa shape index (κ2) is 3.14. The van der Waals surface area contributed by atoms with Gasteiger partial charge in [0.2, 0.25) is 0 Å². The largest absolute Gasteiger partial charge is 0.240 e. The number of aromatic nitrogens is 3. The van der Waals surface area contributed by atoms with E-state index in [0.29, 0.717) is 0 Å². The van der Waals surface area contributed by atoms with Crippen LogP contribution in [0.25, 0.3) is 0 Å². The van der Waals surface area contributed by atoms with Crippen molar-refractivity contribution in [2.45, 2.75) is 26.8 Å². The van der Waals surface area contributed by atoms with Crippen LogP contribution in [0.2, 0.25) is 0 Å². The molecule has 0 N–H and O–H groups in total. The van der Waals surface area contributed by atoms with Crippen LogP contribution in [0.5, 0.6) is 0 Å². The van der Waals surface area contributed by atoms with Crippen molar-refractivity contribution < 1.29 is 0 Å². The van der Waals surface area contributed by atoms with Crippen LogP contribution >= 0.6 is 15.9 Å². The van der Waals surface area contributed by atoms with E-state index in [1.807, 2.05) is 11.6 Å². The Morgan fingerprint density at radius 3 is 2.70 bits per heavy atom. The van der Waals surface area contributed by atoms with Gasteiger partial charge >= 0.3 is 0 Å². The summed E-state index contributed by atoms with van der Waals surface area (Å²) >= 11 is 3.31. The molecule has 56 valence electrons. The molecule has 10 heavy (non-hydrogen) atoms. The Hall–Kier alpha value is -0.380. The maximum atomic E-state index is 4.16. The zero-order valence-corrected chi connectivity index (χ0v) is 7.72. The lowest BCUT2D eigenvalue weighted by molar-refractivity contribution is 0.585. The fraction of sp³-hybridized carbons (Fsp3) is 0.667. The Labute approximate surface area is 68.6 Å². The highest BCUT2D eigenvalue weighted by Crippen LogP contribution is 2.06. The van der Waals surface area contributed by atoms with Crippen LogP contribution in [0.4, 0.5) is 0 Å². The van der Waals surface area contributed by atoms with Crippen molar-refractivity contribution in [3.63, 3.8) is 0 Å². The van der Waals surface area contributed by atoms with Gasteiger partial charge in [0, 0.05) is 6.54 Å². The first-order chi connectivity index (χ1) is 4.74. The minimum absolute atomic E-state index is 0.820. The van der Waals surface area contributed by atoms with Crippen LogP contribution in [0.1, 0.15) is 19.2 Å². The van der Waals surface area contributed by atoms with Crippen molar-refractivity contribution in [1.29, 1.82) is 0 Å². The Kier molecular flexibility index (Phi) is 2.43. The molecule has 3 nitrogen and oxygen atoms in total. The summed E-state index contributed by atoms with van der Waals surface area (Å²) in [6.07, 6.45) is 1.08. The summed E-state index contributed by atoms with van der Waals surface area (Å²) in [4.78, 5) is 4.10. The smallest absolute Gasteiger partial charge is 0.195 e. The van der Waals surface area contributed by atoms with Crippen molar-refractivity contribution in [2.75, 3.05) is 0 Å². The lowest BCUT2D eigenvalue weighted by Gasteiger charge is -1.95. The van der Waals surface area contributed by atoms with E-state index < -0.39 is 0 Å². The monoisotopic (exact) mass is 203 g/mol. The van der Waals surface area contributed by atoms with Crippen LogP contribution in [0, 0.1) is 6.92 Å². The third-order valence-electron chi connectivity index (χ3n) is 1.17. The maximum Gasteiger partial charge on any atom is 0.195 e. The van der Waals surface area contributed by atoms with Crippen molar-refractivity contribution in [1.82, 2.24) is 14.8 Å². The molecule has 0 bridgehead atoms. The molecule has 0 radical (unpaired) electrons. The highest BCUT2D eigenvalue weighted by molar-refractivity contribution is 9.10. The summed E-state index contributed by atoms with van der Waals surface area (Å²) in [5.74, 6) is 0.820. The molecule has 0 fully saturated rings. The van der Waals surface area contributed by atoms with E-state index >= 15 is 0 Å². The van der Waals surface area contributed by atoms with Gasteiger partial charge < -0.3 is 0 Å². The molecule has 0 spiro atoms. The minimum atomic E-state index is 0.820. The molecule has 1 rings (SSSR count). The van der Waals surface area contributed by atoms with E-state index in [0.717, 1.165) is 23.5 Å². The van der Waals surface area contributed by atoms with Gasteiger partial charge in [-0.05, 0) is 29.3 Å². The summed E-state index contributed by atoms with van der Waals surface area (Å²) in [7, 11) is 0. The zero-order chi connectivity index (χ0) is 7.56. The normalized spacial score (nSPS) is 10.3. The molecule has 1 heterocycles. The Bertz CT molecular complexity index is 219. The number of hydrogen-bond donors (Lipinski definition) is 0. The summed E-state index contributed by atoms with van der Waals surface area (Å²) < 4.78 is 2.68. The summed E-state index contributed by atoms with van der Waals surface area (Å²) in [5.41, 5.74) is 0.